The van der Waals surface area contributed by atoms with Gasteiger partial charge < -0.3 is 15.7 Å². The number of hydrogen-bond donors (Lipinski definition) is 3. The van der Waals surface area contributed by atoms with Crippen LogP contribution in [0.3, 0.4) is 0 Å². The van der Waals surface area contributed by atoms with Gasteiger partial charge in [-0.05, 0) is 31.2 Å². The highest BCUT2D eigenvalue weighted by Gasteiger charge is 2.13. The molecule has 8 heteroatoms. The van der Waals surface area contributed by atoms with E-state index in [1.54, 1.807) is 6.92 Å². The summed E-state index contributed by atoms with van der Waals surface area (Å²) in [5.41, 5.74) is 0.528. The second kappa shape index (κ2) is 6.38. The molecule has 0 radical (unpaired) electrons. The van der Waals surface area contributed by atoms with E-state index in [2.05, 4.69) is 10.6 Å². The molecule has 20 heavy (non-hydrogen) atoms. The Morgan fingerprint density at radius 2 is 1.80 bits per heavy atom. The molecule has 0 saturated carbocycles. The highest BCUT2D eigenvalue weighted by Crippen LogP contribution is 2.09. The molecule has 0 aliphatic rings. The van der Waals surface area contributed by atoms with Crippen LogP contribution in [0.4, 0.5) is 10.5 Å². The van der Waals surface area contributed by atoms with Gasteiger partial charge in [-0.25, -0.2) is 18.0 Å². The summed E-state index contributed by atoms with van der Waals surface area (Å²) in [7, 11) is -3.16. The number of sulfone groups is 1. The quantitative estimate of drug-likeness (QED) is 0.749. The SMILES string of the molecule is CC(CS(C)(=O)=O)NC(=O)Nc1ccc(C(=O)O)cc1. The molecule has 1 aromatic carbocycles. The van der Waals surface area contributed by atoms with Crippen LogP contribution in [0, 0.1) is 0 Å². The minimum atomic E-state index is -3.16. The van der Waals surface area contributed by atoms with E-state index in [9.17, 15) is 18.0 Å². The Morgan fingerprint density at radius 3 is 2.25 bits per heavy atom. The molecule has 1 unspecified atom stereocenters. The molecule has 1 aromatic rings. The number of carbonyl (C=O) groups excluding carboxylic acids is 1. The number of carboxylic acids is 1. The van der Waals surface area contributed by atoms with Crippen molar-refractivity contribution in [2.24, 2.45) is 0 Å². The molecule has 0 aliphatic heterocycles. The van der Waals surface area contributed by atoms with Gasteiger partial charge in [0.05, 0.1) is 11.3 Å². The van der Waals surface area contributed by atoms with Crippen LogP contribution in [0.15, 0.2) is 24.3 Å². The minimum absolute atomic E-state index is 0.112. The van der Waals surface area contributed by atoms with Crippen molar-refractivity contribution >= 4 is 27.5 Å². The zero-order valence-corrected chi connectivity index (χ0v) is 11.9. The average Bonchev–Trinajstić information content (AvgIpc) is 2.26. The second-order valence-electron chi connectivity index (χ2n) is 4.47. The molecular weight excluding hydrogens is 284 g/mol. The maximum absolute atomic E-state index is 11.6. The van der Waals surface area contributed by atoms with Crippen molar-refractivity contribution in [2.75, 3.05) is 17.3 Å². The van der Waals surface area contributed by atoms with Crippen LogP contribution in [0.5, 0.6) is 0 Å². The van der Waals surface area contributed by atoms with E-state index < -0.39 is 27.9 Å². The first-order valence-electron chi connectivity index (χ1n) is 5.76. The number of aromatic carboxylic acids is 1. The number of rotatable bonds is 5. The number of carbonyl (C=O) groups is 2. The van der Waals surface area contributed by atoms with Crippen LogP contribution in [0.25, 0.3) is 0 Å². The fourth-order valence-electron chi connectivity index (χ4n) is 1.58. The fourth-order valence-corrected chi connectivity index (χ4v) is 2.57. The zero-order valence-electron chi connectivity index (χ0n) is 11.1. The van der Waals surface area contributed by atoms with Crippen LogP contribution in [-0.2, 0) is 9.84 Å². The zero-order chi connectivity index (χ0) is 15.3. The van der Waals surface area contributed by atoms with Crippen LogP contribution in [-0.4, -0.2) is 43.6 Å². The van der Waals surface area contributed by atoms with Gasteiger partial charge in [0.15, 0.2) is 0 Å². The summed E-state index contributed by atoms with van der Waals surface area (Å²) in [4.78, 5) is 22.3. The van der Waals surface area contributed by atoms with E-state index in [-0.39, 0.29) is 11.3 Å². The lowest BCUT2D eigenvalue weighted by Gasteiger charge is -2.13. The molecule has 0 bridgehead atoms. The van der Waals surface area contributed by atoms with Gasteiger partial charge in [-0.15, -0.1) is 0 Å². The molecule has 2 amide bonds. The number of benzene rings is 1. The van der Waals surface area contributed by atoms with Gasteiger partial charge in [-0.3, -0.25) is 0 Å². The Bertz CT molecular complexity index is 595. The molecule has 1 rings (SSSR count). The van der Waals surface area contributed by atoms with E-state index in [1.807, 2.05) is 0 Å². The van der Waals surface area contributed by atoms with E-state index in [4.69, 9.17) is 5.11 Å². The van der Waals surface area contributed by atoms with Crippen molar-refractivity contribution in [3.8, 4) is 0 Å². The third-order valence-corrected chi connectivity index (χ3v) is 3.43. The fraction of sp³-hybridized carbons (Fsp3) is 0.333. The van der Waals surface area contributed by atoms with E-state index >= 15 is 0 Å². The normalized spacial score (nSPS) is 12.5. The van der Waals surface area contributed by atoms with Crippen molar-refractivity contribution in [3.05, 3.63) is 29.8 Å². The van der Waals surface area contributed by atoms with Crippen molar-refractivity contribution in [1.82, 2.24) is 5.32 Å². The van der Waals surface area contributed by atoms with Crippen molar-refractivity contribution in [3.63, 3.8) is 0 Å². The van der Waals surface area contributed by atoms with Crippen LogP contribution >= 0.6 is 0 Å². The predicted molar refractivity (Wildman–Crippen MR) is 74.7 cm³/mol. The average molecular weight is 300 g/mol. The van der Waals surface area contributed by atoms with Gasteiger partial charge in [-0.2, -0.15) is 0 Å². The topological polar surface area (TPSA) is 113 Å². The number of amides is 2. The summed E-state index contributed by atoms with van der Waals surface area (Å²) in [5.74, 6) is -1.21. The third kappa shape index (κ3) is 5.70. The second-order valence-corrected chi connectivity index (χ2v) is 6.66. The highest BCUT2D eigenvalue weighted by atomic mass is 32.2. The molecule has 7 nitrogen and oxygen atoms in total. The van der Waals surface area contributed by atoms with Gasteiger partial charge in [0.25, 0.3) is 0 Å². The molecule has 3 N–H and O–H groups in total. The monoisotopic (exact) mass is 300 g/mol. The molecular formula is C12H16N2O5S. The molecule has 0 aromatic heterocycles. The standard InChI is InChI=1S/C12H16N2O5S/c1-8(7-20(2,18)19)13-12(17)14-10-5-3-9(4-6-10)11(15)16/h3-6,8H,7H2,1-2H3,(H,15,16)(H2,13,14,17). The Hall–Kier alpha value is -2.09. The molecule has 0 fully saturated rings. The Morgan fingerprint density at radius 1 is 1.25 bits per heavy atom. The first kappa shape index (κ1) is 16.0. The van der Waals surface area contributed by atoms with Crippen molar-refractivity contribution < 1.29 is 23.1 Å². The van der Waals surface area contributed by atoms with Gasteiger partial charge in [-0.1, -0.05) is 0 Å². The Balaban J connectivity index is 2.56. The smallest absolute Gasteiger partial charge is 0.335 e. The molecule has 0 heterocycles. The molecule has 0 spiro atoms. The molecule has 0 saturated heterocycles. The number of carboxylic acid groups (broad SMARTS) is 1. The first-order chi connectivity index (χ1) is 9.17. The summed E-state index contributed by atoms with van der Waals surface area (Å²) in [5, 5.41) is 13.7. The number of hydrogen-bond acceptors (Lipinski definition) is 4. The van der Waals surface area contributed by atoms with Gasteiger partial charge in [0, 0.05) is 18.0 Å². The molecule has 110 valence electrons. The summed E-state index contributed by atoms with van der Waals surface area (Å²) >= 11 is 0. The van der Waals surface area contributed by atoms with Gasteiger partial charge in [0.1, 0.15) is 9.84 Å². The summed E-state index contributed by atoms with van der Waals surface area (Å²) < 4.78 is 22.1. The van der Waals surface area contributed by atoms with Crippen molar-refractivity contribution in [2.45, 2.75) is 13.0 Å². The maximum Gasteiger partial charge on any atom is 0.335 e. The molecule has 0 aliphatic carbocycles. The molecule has 1 atom stereocenters. The lowest BCUT2D eigenvalue weighted by Crippen LogP contribution is -2.39. The van der Waals surface area contributed by atoms with Crippen LogP contribution < -0.4 is 10.6 Å². The first-order valence-corrected chi connectivity index (χ1v) is 7.82. The Kier molecular flexibility index (Phi) is 5.09. The highest BCUT2D eigenvalue weighted by molar-refractivity contribution is 7.90. The lowest BCUT2D eigenvalue weighted by atomic mass is 10.2. The van der Waals surface area contributed by atoms with E-state index in [1.165, 1.54) is 24.3 Å². The van der Waals surface area contributed by atoms with Crippen LogP contribution in [0.1, 0.15) is 17.3 Å². The lowest BCUT2D eigenvalue weighted by molar-refractivity contribution is 0.0697. The maximum atomic E-state index is 11.6. The number of anilines is 1. The minimum Gasteiger partial charge on any atom is -0.478 e. The summed E-state index contributed by atoms with van der Waals surface area (Å²) in [6, 6.07) is 4.54. The largest absolute Gasteiger partial charge is 0.478 e. The number of nitrogens with one attached hydrogen (secondary N) is 2. The summed E-state index contributed by atoms with van der Waals surface area (Å²) in [6.45, 7) is 1.58. The summed E-state index contributed by atoms with van der Waals surface area (Å²) in [6.07, 6.45) is 1.09. The number of urea groups is 1. The predicted octanol–water partition coefficient (Wildman–Crippen LogP) is 0.939. The third-order valence-electron chi connectivity index (χ3n) is 2.32. The Labute approximate surface area is 116 Å². The van der Waals surface area contributed by atoms with E-state index in [0.29, 0.717) is 5.69 Å². The van der Waals surface area contributed by atoms with Crippen LogP contribution in [0.2, 0.25) is 0 Å². The van der Waals surface area contributed by atoms with Crippen molar-refractivity contribution in [1.29, 1.82) is 0 Å². The van der Waals surface area contributed by atoms with Gasteiger partial charge in [0.2, 0.25) is 0 Å². The van der Waals surface area contributed by atoms with Gasteiger partial charge >= 0.3 is 12.0 Å². The van der Waals surface area contributed by atoms with E-state index in [0.717, 1.165) is 6.26 Å².